The monoisotopic (exact) mass is 357 g/mol. The first-order valence-electron chi connectivity index (χ1n) is 7.43. The van der Waals surface area contributed by atoms with Crippen LogP contribution in [-0.2, 0) is 20.5 Å². The molecule has 0 saturated carbocycles. The number of nitrogens with one attached hydrogen (secondary N) is 1. The molecule has 0 saturated heterocycles. The molecule has 0 spiro atoms. The van der Waals surface area contributed by atoms with Crippen molar-refractivity contribution < 1.29 is 13.7 Å². The zero-order valence-electron chi connectivity index (χ0n) is 14.0. The molecule has 0 amide bonds. The summed E-state index contributed by atoms with van der Waals surface area (Å²) in [4.78, 5) is 12.4. The molecular formula is C17H24ClNO3S. The van der Waals surface area contributed by atoms with Crippen LogP contribution in [-0.4, -0.2) is 27.6 Å². The predicted molar refractivity (Wildman–Crippen MR) is 95.8 cm³/mol. The molecule has 1 aromatic carbocycles. The van der Waals surface area contributed by atoms with Gasteiger partial charge in [-0.25, -0.2) is 8.93 Å². The van der Waals surface area contributed by atoms with E-state index >= 15 is 0 Å². The van der Waals surface area contributed by atoms with Gasteiger partial charge in [0.1, 0.15) is 6.04 Å². The van der Waals surface area contributed by atoms with Gasteiger partial charge in [-0.2, -0.15) is 0 Å². The van der Waals surface area contributed by atoms with Crippen LogP contribution in [0.3, 0.4) is 0 Å². The second-order valence-corrected chi connectivity index (χ2v) is 8.48. The van der Waals surface area contributed by atoms with E-state index in [1.165, 1.54) is 0 Å². The summed E-state index contributed by atoms with van der Waals surface area (Å²) in [5.41, 5.74) is 0.848. The van der Waals surface area contributed by atoms with Gasteiger partial charge in [-0.3, -0.25) is 4.79 Å². The lowest BCUT2D eigenvalue weighted by Gasteiger charge is -2.27. The number of carbonyl (C=O) groups is 1. The minimum absolute atomic E-state index is 0.254. The average Bonchev–Trinajstić information content (AvgIpc) is 2.47. The SMILES string of the molecule is C=C[C@@H](c1ccc(Cl)cc1)[C@H](NS(=O)C(C)(C)C)C(=O)OCC. The van der Waals surface area contributed by atoms with E-state index in [0.29, 0.717) is 5.02 Å². The molecule has 0 aliphatic heterocycles. The minimum Gasteiger partial charge on any atom is -0.465 e. The number of halogens is 1. The van der Waals surface area contributed by atoms with E-state index in [1.54, 1.807) is 25.1 Å². The third kappa shape index (κ3) is 5.75. The molecule has 1 rings (SSSR count). The first-order valence-corrected chi connectivity index (χ1v) is 8.96. The Labute approximate surface area is 145 Å². The van der Waals surface area contributed by atoms with Gasteiger partial charge in [0.05, 0.1) is 22.3 Å². The standard InChI is InChI=1S/C17H24ClNO3S/c1-6-14(12-8-10-13(18)11-9-12)15(16(20)22-7-2)19-23(21)17(3,4)5/h6,8-11,14-15,19H,1,7H2,2-5H3/t14-,15-,23?/m0/s1. The van der Waals surface area contributed by atoms with Crippen LogP contribution in [0.25, 0.3) is 0 Å². The molecule has 0 bridgehead atoms. The molecule has 0 aliphatic carbocycles. The molecular weight excluding hydrogens is 334 g/mol. The van der Waals surface area contributed by atoms with Crippen molar-refractivity contribution in [2.45, 2.75) is 44.4 Å². The number of ether oxygens (including phenoxy) is 1. The number of benzene rings is 1. The number of hydrogen-bond acceptors (Lipinski definition) is 3. The first kappa shape index (κ1) is 19.9. The van der Waals surface area contributed by atoms with Gasteiger partial charge in [0, 0.05) is 10.9 Å². The van der Waals surface area contributed by atoms with Gasteiger partial charge in [-0.1, -0.05) is 29.8 Å². The smallest absolute Gasteiger partial charge is 0.325 e. The highest BCUT2D eigenvalue weighted by Gasteiger charge is 2.33. The van der Waals surface area contributed by atoms with E-state index in [2.05, 4.69) is 11.3 Å². The Morgan fingerprint density at radius 2 is 1.96 bits per heavy atom. The molecule has 128 valence electrons. The number of rotatable bonds is 7. The highest BCUT2D eigenvalue weighted by Crippen LogP contribution is 2.25. The summed E-state index contributed by atoms with van der Waals surface area (Å²) < 4.78 is 20.0. The summed E-state index contributed by atoms with van der Waals surface area (Å²) in [5.74, 6) is -0.831. The zero-order chi connectivity index (χ0) is 17.6. The van der Waals surface area contributed by atoms with Crippen LogP contribution >= 0.6 is 11.6 Å². The number of carbonyl (C=O) groups excluding carboxylic acids is 1. The summed E-state index contributed by atoms with van der Waals surface area (Å²) in [5, 5.41) is 0.607. The Kier molecular flexibility index (Phi) is 7.45. The van der Waals surface area contributed by atoms with E-state index < -0.39 is 27.7 Å². The molecule has 0 aromatic heterocycles. The van der Waals surface area contributed by atoms with Gasteiger partial charge < -0.3 is 4.74 Å². The first-order chi connectivity index (χ1) is 10.7. The van der Waals surface area contributed by atoms with Crippen LogP contribution in [0.5, 0.6) is 0 Å². The fourth-order valence-corrected chi connectivity index (χ4v) is 2.89. The summed E-state index contributed by atoms with van der Waals surface area (Å²) in [7, 11) is -1.42. The Bertz CT molecular complexity index is 566. The Hall–Kier alpha value is -1.17. The van der Waals surface area contributed by atoms with Crippen LogP contribution in [0.1, 0.15) is 39.2 Å². The molecule has 0 aliphatic rings. The second kappa shape index (κ2) is 8.62. The minimum atomic E-state index is -1.42. The van der Waals surface area contributed by atoms with E-state index in [9.17, 15) is 9.00 Å². The fourth-order valence-electron chi connectivity index (χ4n) is 1.94. The molecule has 1 aromatic rings. The van der Waals surface area contributed by atoms with Gasteiger partial charge in [-0.05, 0) is 45.4 Å². The van der Waals surface area contributed by atoms with Crippen LogP contribution in [0.2, 0.25) is 5.02 Å². The van der Waals surface area contributed by atoms with E-state index in [-0.39, 0.29) is 12.5 Å². The summed E-state index contributed by atoms with van der Waals surface area (Å²) >= 11 is 5.91. The Morgan fingerprint density at radius 1 is 1.39 bits per heavy atom. The molecule has 1 N–H and O–H groups in total. The van der Waals surface area contributed by atoms with Gasteiger partial charge >= 0.3 is 5.97 Å². The van der Waals surface area contributed by atoms with E-state index in [0.717, 1.165) is 5.56 Å². The van der Waals surface area contributed by atoms with Crippen molar-refractivity contribution >= 4 is 28.6 Å². The lowest BCUT2D eigenvalue weighted by atomic mass is 9.92. The van der Waals surface area contributed by atoms with Crippen LogP contribution in [0.4, 0.5) is 0 Å². The van der Waals surface area contributed by atoms with Crippen molar-refractivity contribution in [3.05, 3.63) is 47.5 Å². The maximum atomic E-state index is 12.4. The highest BCUT2D eigenvalue weighted by molar-refractivity contribution is 7.84. The Morgan fingerprint density at radius 3 is 2.39 bits per heavy atom. The normalized spacial score (nSPS) is 15.5. The van der Waals surface area contributed by atoms with Crippen molar-refractivity contribution in [1.29, 1.82) is 0 Å². The largest absolute Gasteiger partial charge is 0.465 e. The molecule has 3 atom stereocenters. The van der Waals surface area contributed by atoms with E-state index in [1.807, 2.05) is 32.9 Å². The third-order valence-electron chi connectivity index (χ3n) is 3.20. The van der Waals surface area contributed by atoms with Crippen molar-refractivity contribution in [2.75, 3.05) is 6.61 Å². The second-order valence-electron chi connectivity index (χ2n) is 6.04. The molecule has 23 heavy (non-hydrogen) atoms. The zero-order valence-corrected chi connectivity index (χ0v) is 15.5. The third-order valence-corrected chi connectivity index (χ3v) is 5.03. The summed E-state index contributed by atoms with van der Waals surface area (Å²) in [6.07, 6.45) is 1.65. The van der Waals surface area contributed by atoms with Crippen molar-refractivity contribution in [1.82, 2.24) is 4.72 Å². The molecule has 4 nitrogen and oxygen atoms in total. The van der Waals surface area contributed by atoms with Crippen molar-refractivity contribution in [3.63, 3.8) is 0 Å². The van der Waals surface area contributed by atoms with Crippen LogP contribution in [0.15, 0.2) is 36.9 Å². The number of esters is 1. The lowest BCUT2D eigenvalue weighted by molar-refractivity contribution is -0.145. The lowest BCUT2D eigenvalue weighted by Crippen LogP contribution is -2.47. The van der Waals surface area contributed by atoms with Gasteiger partial charge in [0.15, 0.2) is 0 Å². The fraction of sp³-hybridized carbons (Fsp3) is 0.471. The maximum Gasteiger partial charge on any atom is 0.325 e. The summed E-state index contributed by atoms with van der Waals surface area (Å²) in [6, 6.07) is 6.35. The van der Waals surface area contributed by atoms with Crippen molar-refractivity contribution in [2.24, 2.45) is 0 Å². The van der Waals surface area contributed by atoms with E-state index in [4.69, 9.17) is 16.3 Å². The maximum absolute atomic E-state index is 12.4. The Balaban J connectivity index is 3.14. The van der Waals surface area contributed by atoms with Gasteiger partial charge in [0.2, 0.25) is 0 Å². The molecule has 0 radical (unpaired) electrons. The molecule has 0 heterocycles. The van der Waals surface area contributed by atoms with Gasteiger partial charge in [0.25, 0.3) is 0 Å². The van der Waals surface area contributed by atoms with Gasteiger partial charge in [-0.15, -0.1) is 6.58 Å². The molecule has 1 unspecified atom stereocenters. The topological polar surface area (TPSA) is 55.4 Å². The number of hydrogen-bond donors (Lipinski definition) is 1. The molecule has 0 fully saturated rings. The average molecular weight is 358 g/mol. The highest BCUT2D eigenvalue weighted by atomic mass is 35.5. The summed E-state index contributed by atoms with van der Waals surface area (Å²) in [6.45, 7) is 11.3. The quantitative estimate of drug-likeness (QED) is 0.599. The van der Waals surface area contributed by atoms with Crippen molar-refractivity contribution in [3.8, 4) is 0 Å². The predicted octanol–water partition coefficient (Wildman–Crippen LogP) is 3.59. The van der Waals surface area contributed by atoms with Crippen LogP contribution in [0, 0.1) is 0 Å². The molecule has 6 heteroatoms. The van der Waals surface area contributed by atoms with Crippen LogP contribution < -0.4 is 4.72 Å².